The lowest BCUT2D eigenvalue weighted by Gasteiger charge is -2.03. The minimum Gasteiger partial charge on any atom is -0.395 e. The SMILES string of the molecule is CCc1cn(CCO)c(=O)[nH]c1=O. The average molecular weight is 184 g/mol. The number of rotatable bonds is 3. The second kappa shape index (κ2) is 4.04. The molecular formula is C8H12N2O3. The number of aromatic amines is 1. The smallest absolute Gasteiger partial charge is 0.328 e. The topological polar surface area (TPSA) is 75.1 Å². The third kappa shape index (κ3) is 2.06. The number of nitrogens with zero attached hydrogens (tertiary/aromatic N) is 1. The summed E-state index contributed by atoms with van der Waals surface area (Å²) in [5.74, 6) is 0. The molecule has 1 heterocycles. The quantitative estimate of drug-likeness (QED) is 0.638. The number of nitrogens with one attached hydrogen (secondary N) is 1. The minimum atomic E-state index is -0.476. The molecule has 5 heteroatoms. The first kappa shape index (κ1) is 9.73. The molecule has 13 heavy (non-hydrogen) atoms. The van der Waals surface area contributed by atoms with Crippen molar-refractivity contribution in [3.05, 3.63) is 32.6 Å². The summed E-state index contributed by atoms with van der Waals surface area (Å²) >= 11 is 0. The second-order valence-corrected chi connectivity index (χ2v) is 2.68. The van der Waals surface area contributed by atoms with E-state index in [1.54, 1.807) is 0 Å². The molecule has 0 fully saturated rings. The van der Waals surface area contributed by atoms with Crippen LogP contribution in [0.2, 0.25) is 0 Å². The van der Waals surface area contributed by atoms with Gasteiger partial charge in [0.25, 0.3) is 5.56 Å². The van der Waals surface area contributed by atoms with Crippen molar-refractivity contribution in [1.82, 2.24) is 9.55 Å². The summed E-state index contributed by atoms with van der Waals surface area (Å²) in [5, 5.41) is 8.63. The fraction of sp³-hybridized carbons (Fsp3) is 0.500. The Hall–Kier alpha value is -1.36. The molecule has 0 saturated carbocycles. The van der Waals surface area contributed by atoms with Crippen molar-refractivity contribution in [1.29, 1.82) is 0 Å². The van der Waals surface area contributed by atoms with Crippen molar-refractivity contribution in [2.24, 2.45) is 0 Å². The third-order valence-electron chi connectivity index (χ3n) is 1.81. The molecule has 0 aromatic carbocycles. The van der Waals surface area contributed by atoms with Crippen LogP contribution in [-0.2, 0) is 13.0 Å². The Morgan fingerprint density at radius 1 is 1.54 bits per heavy atom. The van der Waals surface area contributed by atoms with Crippen LogP contribution in [-0.4, -0.2) is 21.3 Å². The molecular weight excluding hydrogens is 172 g/mol. The van der Waals surface area contributed by atoms with Gasteiger partial charge in [-0.25, -0.2) is 4.79 Å². The zero-order valence-corrected chi connectivity index (χ0v) is 7.41. The van der Waals surface area contributed by atoms with E-state index in [9.17, 15) is 9.59 Å². The molecule has 1 aromatic rings. The second-order valence-electron chi connectivity index (χ2n) is 2.68. The first-order chi connectivity index (χ1) is 6.19. The van der Waals surface area contributed by atoms with Gasteiger partial charge >= 0.3 is 5.69 Å². The third-order valence-corrected chi connectivity index (χ3v) is 1.81. The molecule has 0 unspecified atom stereocenters. The van der Waals surface area contributed by atoms with Gasteiger partial charge in [0.15, 0.2) is 0 Å². The standard InChI is InChI=1S/C8H12N2O3/c1-2-6-5-10(3-4-11)8(13)9-7(6)12/h5,11H,2-4H2,1H3,(H,9,12,13). The Bertz CT molecular complexity index is 391. The monoisotopic (exact) mass is 184 g/mol. The zero-order chi connectivity index (χ0) is 9.84. The van der Waals surface area contributed by atoms with Crippen molar-refractivity contribution >= 4 is 0 Å². The van der Waals surface area contributed by atoms with Crippen LogP contribution < -0.4 is 11.2 Å². The fourth-order valence-electron chi connectivity index (χ4n) is 1.08. The Balaban J connectivity index is 3.22. The Morgan fingerprint density at radius 2 is 2.23 bits per heavy atom. The van der Waals surface area contributed by atoms with Crippen LogP contribution in [0.15, 0.2) is 15.8 Å². The number of aliphatic hydroxyl groups is 1. The van der Waals surface area contributed by atoms with E-state index in [4.69, 9.17) is 5.11 Å². The maximum atomic E-state index is 11.1. The van der Waals surface area contributed by atoms with Crippen LogP contribution in [0.25, 0.3) is 0 Å². The Kier molecular flexibility index (Phi) is 3.02. The van der Waals surface area contributed by atoms with Crippen LogP contribution in [0, 0.1) is 0 Å². The number of hydrogen-bond donors (Lipinski definition) is 2. The Morgan fingerprint density at radius 3 is 2.77 bits per heavy atom. The van der Waals surface area contributed by atoms with Crippen LogP contribution in [0.4, 0.5) is 0 Å². The van der Waals surface area contributed by atoms with Crippen LogP contribution >= 0.6 is 0 Å². The molecule has 0 bridgehead atoms. The summed E-state index contributed by atoms with van der Waals surface area (Å²) in [7, 11) is 0. The predicted molar refractivity (Wildman–Crippen MR) is 47.8 cm³/mol. The van der Waals surface area contributed by atoms with Crippen molar-refractivity contribution < 1.29 is 5.11 Å². The number of aliphatic hydroxyl groups excluding tert-OH is 1. The molecule has 0 aliphatic heterocycles. The van der Waals surface area contributed by atoms with Crippen LogP contribution in [0.1, 0.15) is 12.5 Å². The van der Waals surface area contributed by atoms with Gasteiger partial charge in [0.2, 0.25) is 0 Å². The van der Waals surface area contributed by atoms with Crippen molar-refractivity contribution in [2.45, 2.75) is 19.9 Å². The molecule has 2 N–H and O–H groups in total. The first-order valence-electron chi connectivity index (χ1n) is 4.12. The maximum absolute atomic E-state index is 11.1. The molecule has 0 aliphatic rings. The number of hydrogen-bond acceptors (Lipinski definition) is 3. The van der Waals surface area contributed by atoms with Gasteiger partial charge in [-0.2, -0.15) is 0 Å². The van der Waals surface area contributed by atoms with Crippen molar-refractivity contribution in [3.8, 4) is 0 Å². The van der Waals surface area contributed by atoms with Gasteiger partial charge < -0.3 is 5.11 Å². The van der Waals surface area contributed by atoms with Gasteiger partial charge in [-0.05, 0) is 6.42 Å². The molecule has 0 atom stereocenters. The molecule has 5 nitrogen and oxygen atoms in total. The van der Waals surface area contributed by atoms with Gasteiger partial charge in [0, 0.05) is 11.8 Å². The van der Waals surface area contributed by atoms with Crippen molar-refractivity contribution in [3.63, 3.8) is 0 Å². The van der Waals surface area contributed by atoms with Crippen LogP contribution in [0.5, 0.6) is 0 Å². The average Bonchev–Trinajstić information content (AvgIpc) is 2.10. The number of aromatic nitrogens is 2. The van der Waals surface area contributed by atoms with Gasteiger partial charge in [-0.15, -0.1) is 0 Å². The van der Waals surface area contributed by atoms with Gasteiger partial charge in [-0.1, -0.05) is 6.92 Å². The molecule has 72 valence electrons. The summed E-state index contributed by atoms with van der Waals surface area (Å²) in [6, 6.07) is 0. The van der Waals surface area contributed by atoms with E-state index in [1.807, 2.05) is 6.92 Å². The highest BCUT2D eigenvalue weighted by molar-refractivity contribution is 5.03. The molecule has 1 rings (SSSR count). The molecule has 0 spiro atoms. The summed E-state index contributed by atoms with van der Waals surface area (Å²) < 4.78 is 1.29. The van der Waals surface area contributed by atoms with E-state index in [-0.39, 0.29) is 18.7 Å². The molecule has 0 aliphatic carbocycles. The van der Waals surface area contributed by atoms with E-state index in [2.05, 4.69) is 4.98 Å². The fourth-order valence-corrected chi connectivity index (χ4v) is 1.08. The van der Waals surface area contributed by atoms with E-state index in [1.165, 1.54) is 10.8 Å². The van der Waals surface area contributed by atoms with Crippen LogP contribution in [0.3, 0.4) is 0 Å². The van der Waals surface area contributed by atoms with Gasteiger partial charge in [0.1, 0.15) is 0 Å². The van der Waals surface area contributed by atoms with E-state index < -0.39 is 5.69 Å². The molecule has 0 saturated heterocycles. The predicted octanol–water partition coefficient (Wildman–Crippen LogP) is -0.909. The summed E-state index contributed by atoms with van der Waals surface area (Å²) in [6.45, 7) is 1.93. The van der Waals surface area contributed by atoms with E-state index in [0.29, 0.717) is 12.0 Å². The largest absolute Gasteiger partial charge is 0.395 e. The summed E-state index contributed by atoms with van der Waals surface area (Å²) in [4.78, 5) is 24.4. The summed E-state index contributed by atoms with van der Waals surface area (Å²) in [6.07, 6.45) is 2.05. The van der Waals surface area contributed by atoms with E-state index in [0.717, 1.165) is 0 Å². The highest BCUT2D eigenvalue weighted by Crippen LogP contribution is 1.88. The molecule has 1 aromatic heterocycles. The number of H-pyrrole nitrogens is 1. The lowest BCUT2D eigenvalue weighted by molar-refractivity contribution is 0.273. The molecule has 0 amide bonds. The molecule has 0 radical (unpaired) electrons. The first-order valence-corrected chi connectivity index (χ1v) is 4.12. The highest BCUT2D eigenvalue weighted by atomic mass is 16.3. The lowest BCUT2D eigenvalue weighted by Crippen LogP contribution is -2.32. The van der Waals surface area contributed by atoms with E-state index >= 15 is 0 Å². The van der Waals surface area contributed by atoms with Gasteiger partial charge in [-0.3, -0.25) is 14.3 Å². The minimum absolute atomic E-state index is 0.116. The maximum Gasteiger partial charge on any atom is 0.328 e. The zero-order valence-electron chi connectivity index (χ0n) is 7.41. The lowest BCUT2D eigenvalue weighted by atomic mass is 10.3. The Labute approximate surface area is 74.7 Å². The number of aryl methyl sites for hydroxylation is 1. The van der Waals surface area contributed by atoms with Gasteiger partial charge in [0.05, 0.1) is 13.2 Å². The van der Waals surface area contributed by atoms with Crippen molar-refractivity contribution in [2.75, 3.05) is 6.61 Å². The highest BCUT2D eigenvalue weighted by Gasteiger charge is 2.01. The summed E-state index contributed by atoms with van der Waals surface area (Å²) in [5.41, 5.74) is -0.272. The normalized spacial score (nSPS) is 10.3.